The number of rotatable bonds is 14. The van der Waals surface area contributed by atoms with Crippen LogP contribution in [0.4, 0.5) is 0 Å². The molecular weight excluding hydrogens is 592 g/mol. The van der Waals surface area contributed by atoms with E-state index in [9.17, 15) is 0 Å². The molecule has 3 rings (SSSR count). The Kier molecular flexibility index (Phi) is 11.6. The van der Waals surface area contributed by atoms with Crippen molar-refractivity contribution in [3.63, 3.8) is 0 Å². The fourth-order valence-electron chi connectivity index (χ4n) is 4.25. The average molecular weight is 629 g/mol. The molecule has 0 aromatic carbocycles. The number of nitrogens with zero attached hydrogens (tertiary/aromatic N) is 4. The molecule has 0 amide bonds. The molecule has 0 saturated carbocycles. The predicted molar refractivity (Wildman–Crippen MR) is 154 cm³/mol. The number of unbranched alkanes of at least 4 members (excludes halogenated alkanes) is 2. The quantitative estimate of drug-likeness (QED) is 0.178. The molecular formula is C26H36Br2N4S2. The summed E-state index contributed by atoms with van der Waals surface area (Å²) in [6, 6.07) is 4.42. The topological polar surface area (TPSA) is 51.6 Å². The Morgan fingerprint density at radius 1 is 0.676 bits per heavy atom. The fourth-order valence-corrected chi connectivity index (χ4v) is 7.53. The van der Waals surface area contributed by atoms with Gasteiger partial charge in [0.05, 0.1) is 17.3 Å². The van der Waals surface area contributed by atoms with Gasteiger partial charge >= 0.3 is 0 Å². The zero-order chi connectivity index (χ0) is 24.5. The first-order chi connectivity index (χ1) is 16.5. The summed E-state index contributed by atoms with van der Waals surface area (Å²) in [4.78, 5) is 2.04. The number of hydrogen-bond acceptors (Lipinski definition) is 6. The van der Waals surface area contributed by atoms with E-state index >= 15 is 0 Å². The van der Waals surface area contributed by atoms with Gasteiger partial charge in [0.2, 0.25) is 11.6 Å². The SMILES string of the molecule is CCCCC(CC)Cc1cc(-c2nnc(-c3cc(CC(CC)CCCC)c(Br)s3)nn2)sc1Br. The van der Waals surface area contributed by atoms with Crippen LogP contribution in [0, 0.1) is 11.8 Å². The van der Waals surface area contributed by atoms with Crippen molar-refractivity contribution in [3.05, 3.63) is 30.8 Å². The van der Waals surface area contributed by atoms with Crippen molar-refractivity contribution in [1.29, 1.82) is 0 Å². The van der Waals surface area contributed by atoms with Gasteiger partial charge in [-0.05, 0) is 79.8 Å². The Hall–Kier alpha value is -0.700. The first-order valence-electron chi connectivity index (χ1n) is 12.6. The maximum absolute atomic E-state index is 4.44. The van der Waals surface area contributed by atoms with Crippen LogP contribution in [0.1, 0.15) is 90.2 Å². The lowest BCUT2D eigenvalue weighted by atomic mass is 9.93. The van der Waals surface area contributed by atoms with E-state index in [0.29, 0.717) is 11.6 Å². The minimum atomic E-state index is 0.601. The number of thiophene rings is 2. The van der Waals surface area contributed by atoms with Crippen molar-refractivity contribution < 1.29 is 0 Å². The molecule has 3 heterocycles. The van der Waals surface area contributed by atoms with E-state index in [4.69, 9.17) is 0 Å². The van der Waals surface area contributed by atoms with Crippen molar-refractivity contribution in [3.8, 4) is 21.4 Å². The van der Waals surface area contributed by atoms with Crippen molar-refractivity contribution in [2.24, 2.45) is 11.8 Å². The molecule has 3 aromatic rings. The summed E-state index contributed by atoms with van der Waals surface area (Å²) in [5.41, 5.74) is 2.69. The van der Waals surface area contributed by atoms with Gasteiger partial charge in [-0.3, -0.25) is 0 Å². The maximum Gasteiger partial charge on any atom is 0.213 e. The van der Waals surface area contributed by atoms with Crippen LogP contribution < -0.4 is 0 Å². The molecule has 0 saturated heterocycles. The van der Waals surface area contributed by atoms with Gasteiger partial charge in [-0.1, -0.05) is 79.1 Å². The molecule has 4 nitrogen and oxygen atoms in total. The van der Waals surface area contributed by atoms with Gasteiger partial charge in [0.15, 0.2) is 0 Å². The Morgan fingerprint density at radius 3 is 1.38 bits per heavy atom. The molecule has 0 fully saturated rings. The summed E-state index contributed by atoms with van der Waals surface area (Å²) in [5.74, 6) is 2.64. The van der Waals surface area contributed by atoms with E-state index in [-0.39, 0.29) is 0 Å². The van der Waals surface area contributed by atoms with E-state index < -0.39 is 0 Å². The highest BCUT2D eigenvalue weighted by atomic mass is 79.9. The molecule has 0 aliphatic carbocycles. The van der Waals surface area contributed by atoms with Gasteiger partial charge in [0.25, 0.3) is 0 Å². The Bertz CT molecular complexity index is 935. The lowest BCUT2D eigenvalue weighted by molar-refractivity contribution is 0.449. The van der Waals surface area contributed by atoms with Crippen molar-refractivity contribution in [2.75, 3.05) is 0 Å². The van der Waals surface area contributed by atoms with Gasteiger partial charge in [-0.15, -0.1) is 43.1 Å². The van der Waals surface area contributed by atoms with Crippen LogP contribution in [-0.2, 0) is 12.8 Å². The highest BCUT2D eigenvalue weighted by molar-refractivity contribution is 9.11. The van der Waals surface area contributed by atoms with Crippen LogP contribution >= 0.6 is 54.5 Å². The molecule has 186 valence electrons. The molecule has 0 radical (unpaired) electrons. The first kappa shape index (κ1) is 27.9. The third-order valence-corrected chi connectivity index (χ3v) is 10.5. The van der Waals surface area contributed by atoms with Crippen LogP contribution in [0.2, 0.25) is 0 Å². The molecule has 8 heteroatoms. The minimum Gasteiger partial charge on any atom is -0.125 e. The molecule has 2 unspecified atom stereocenters. The highest BCUT2D eigenvalue weighted by Crippen LogP contribution is 2.37. The second-order valence-corrected chi connectivity index (χ2v) is 13.8. The largest absolute Gasteiger partial charge is 0.213 e. The molecule has 0 spiro atoms. The Labute approximate surface area is 229 Å². The monoisotopic (exact) mass is 626 g/mol. The second kappa shape index (κ2) is 14.1. The Morgan fingerprint density at radius 2 is 1.06 bits per heavy atom. The molecule has 0 N–H and O–H groups in total. The maximum atomic E-state index is 4.44. The predicted octanol–water partition coefficient (Wildman–Crippen LogP) is 9.77. The normalized spacial score (nSPS) is 13.4. The van der Waals surface area contributed by atoms with Crippen molar-refractivity contribution in [2.45, 2.75) is 91.9 Å². The standard InChI is InChI=1S/C26H36Br2N4S2/c1-5-9-11-17(7-3)13-19-15-21(33-23(19)27)25-29-31-26(32-30-25)22-16-20(24(28)34-22)14-18(8-4)12-10-6-2/h15-18H,5-14H2,1-4H3. The van der Waals surface area contributed by atoms with Crippen LogP contribution in [0.3, 0.4) is 0 Å². The summed E-state index contributed by atoms with van der Waals surface area (Å²) >= 11 is 10.9. The average Bonchev–Trinajstić information content (AvgIpc) is 3.41. The fraction of sp³-hybridized carbons (Fsp3) is 0.615. The lowest BCUT2D eigenvalue weighted by Crippen LogP contribution is -2.03. The van der Waals surface area contributed by atoms with Gasteiger partial charge in [0.1, 0.15) is 0 Å². The second-order valence-electron chi connectivity index (χ2n) is 9.11. The molecule has 2 atom stereocenters. The smallest absolute Gasteiger partial charge is 0.125 e. The van der Waals surface area contributed by atoms with Crippen molar-refractivity contribution >= 4 is 54.5 Å². The lowest BCUT2D eigenvalue weighted by Gasteiger charge is -2.13. The van der Waals surface area contributed by atoms with E-state index in [2.05, 4.69) is 92.1 Å². The summed E-state index contributed by atoms with van der Waals surface area (Å²) in [6.45, 7) is 9.10. The van der Waals surface area contributed by atoms with Crippen LogP contribution in [0.15, 0.2) is 19.7 Å². The van der Waals surface area contributed by atoms with E-state index in [1.54, 1.807) is 22.7 Å². The summed E-state index contributed by atoms with van der Waals surface area (Å²) in [6.07, 6.45) is 12.3. The van der Waals surface area contributed by atoms with Gasteiger partial charge < -0.3 is 0 Å². The van der Waals surface area contributed by atoms with Crippen LogP contribution in [0.25, 0.3) is 21.4 Å². The van der Waals surface area contributed by atoms with Gasteiger partial charge in [-0.25, -0.2) is 0 Å². The zero-order valence-corrected chi connectivity index (χ0v) is 25.5. The summed E-state index contributed by atoms with van der Waals surface area (Å²) in [5, 5.41) is 17.8. The van der Waals surface area contributed by atoms with E-state index in [1.807, 2.05) is 0 Å². The third-order valence-electron chi connectivity index (χ3n) is 6.54. The molecule has 0 aliphatic rings. The number of aromatic nitrogens is 4. The Balaban J connectivity index is 1.71. The third kappa shape index (κ3) is 7.65. The van der Waals surface area contributed by atoms with Crippen LogP contribution in [-0.4, -0.2) is 20.4 Å². The highest BCUT2D eigenvalue weighted by Gasteiger charge is 2.18. The van der Waals surface area contributed by atoms with Crippen LogP contribution in [0.5, 0.6) is 0 Å². The van der Waals surface area contributed by atoms with Gasteiger partial charge in [-0.2, -0.15) is 0 Å². The number of halogens is 2. The molecule has 0 aliphatic heterocycles. The zero-order valence-electron chi connectivity index (χ0n) is 20.7. The van der Waals surface area contributed by atoms with Crippen molar-refractivity contribution in [1.82, 2.24) is 20.4 Å². The molecule has 0 bridgehead atoms. The van der Waals surface area contributed by atoms with E-state index in [0.717, 1.165) is 34.4 Å². The molecule has 34 heavy (non-hydrogen) atoms. The van der Waals surface area contributed by atoms with E-state index in [1.165, 1.54) is 70.1 Å². The summed E-state index contributed by atoms with van der Waals surface area (Å²) in [7, 11) is 0. The first-order valence-corrected chi connectivity index (χ1v) is 15.8. The number of hydrogen-bond donors (Lipinski definition) is 0. The molecule has 3 aromatic heterocycles. The summed E-state index contributed by atoms with van der Waals surface area (Å²) < 4.78 is 2.34. The minimum absolute atomic E-state index is 0.601. The van der Waals surface area contributed by atoms with Gasteiger partial charge in [0, 0.05) is 0 Å².